The molecule has 0 atom stereocenters. The van der Waals surface area contributed by atoms with E-state index in [1.165, 1.54) is 29.1 Å². The summed E-state index contributed by atoms with van der Waals surface area (Å²) >= 11 is 1.77. The number of hydrogen-bond acceptors (Lipinski definition) is 4. The molecule has 2 aromatic heterocycles. The number of nitrogens with zero attached hydrogens (tertiary/aromatic N) is 3. The van der Waals surface area contributed by atoms with E-state index in [2.05, 4.69) is 45.4 Å². The van der Waals surface area contributed by atoms with Crippen LogP contribution in [0.2, 0.25) is 0 Å². The van der Waals surface area contributed by atoms with Crippen LogP contribution in [0.3, 0.4) is 0 Å². The highest BCUT2D eigenvalue weighted by Gasteiger charge is 2.13. The van der Waals surface area contributed by atoms with Crippen molar-refractivity contribution in [2.24, 2.45) is 0 Å². The molecule has 2 aromatic rings. The first kappa shape index (κ1) is 12.6. The summed E-state index contributed by atoms with van der Waals surface area (Å²) in [5, 5.41) is 2.11. The van der Waals surface area contributed by atoms with Gasteiger partial charge in [-0.3, -0.25) is 4.98 Å². The fourth-order valence-corrected chi connectivity index (χ4v) is 3.19. The van der Waals surface area contributed by atoms with Gasteiger partial charge in [-0.2, -0.15) is 0 Å². The quantitative estimate of drug-likeness (QED) is 0.838. The molecule has 0 unspecified atom stereocenters. The van der Waals surface area contributed by atoms with Crippen LogP contribution in [0.15, 0.2) is 36.0 Å². The number of hydrogen-bond donors (Lipinski definition) is 0. The summed E-state index contributed by atoms with van der Waals surface area (Å²) in [4.78, 5) is 10.6. The van der Waals surface area contributed by atoms with Crippen molar-refractivity contribution in [1.29, 1.82) is 0 Å². The molecule has 1 fully saturated rings. The van der Waals surface area contributed by atoms with E-state index in [4.69, 9.17) is 0 Å². The number of thiophene rings is 1. The van der Waals surface area contributed by atoms with E-state index in [1.54, 1.807) is 11.3 Å². The van der Waals surface area contributed by atoms with Crippen LogP contribution in [0.4, 0.5) is 5.69 Å². The van der Waals surface area contributed by atoms with Gasteiger partial charge in [0.15, 0.2) is 0 Å². The van der Waals surface area contributed by atoms with Gasteiger partial charge in [0.1, 0.15) is 0 Å². The molecule has 1 aliphatic rings. The smallest absolute Gasteiger partial charge is 0.0559 e. The van der Waals surface area contributed by atoms with E-state index in [0.717, 1.165) is 19.6 Å². The van der Waals surface area contributed by atoms with Gasteiger partial charge in [-0.15, -0.1) is 11.3 Å². The van der Waals surface area contributed by atoms with Gasteiger partial charge in [0.25, 0.3) is 0 Å². The molecule has 0 radical (unpaired) electrons. The summed E-state index contributed by atoms with van der Waals surface area (Å²) in [6, 6.07) is 6.51. The van der Waals surface area contributed by atoms with Crippen LogP contribution >= 0.6 is 11.3 Å². The molecular formula is C15H19N3S. The van der Waals surface area contributed by atoms with Gasteiger partial charge in [0.05, 0.1) is 11.9 Å². The normalized spacial score (nSPS) is 17.4. The van der Waals surface area contributed by atoms with Crippen molar-refractivity contribution < 1.29 is 0 Å². The Morgan fingerprint density at radius 1 is 1.16 bits per heavy atom. The number of rotatable bonds is 2. The van der Waals surface area contributed by atoms with Crippen LogP contribution < -0.4 is 4.90 Å². The van der Waals surface area contributed by atoms with E-state index < -0.39 is 0 Å². The van der Waals surface area contributed by atoms with Gasteiger partial charge in [0, 0.05) is 36.3 Å². The minimum atomic E-state index is 1.09. The van der Waals surface area contributed by atoms with Crippen LogP contribution in [0, 0.1) is 0 Å². The first-order valence-electron chi connectivity index (χ1n) is 6.75. The van der Waals surface area contributed by atoms with Crippen molar-refractivity contribution in [3.05, 3.63) is 36.0 Å². The van der Waals surface area contributed by atoms with Crippen LogP contribution in [-0.2, 0) is 0 Å². The van der Waals surface area contributed by atoms with E-state index >= 15 is 0 Å². The first-order valence-corrected chi connectivity index (χ1v) is 7.63. The molecule has 1 aliphatic heterocycles. The van der Waals surface area contributed by atoms with Gasteiger partial charge in [-0.05, 0) is 37.5 Å². The average molecular weight is 273 g/mol. The van der Waals surface area contributed by atoms with Crippen molar-refractivity contribution in [3.63, 3.8) is 0 Å². The Bertz CT molecular complexity index is 524. The monoisotopic (exact) mass is 273 g/mol. The van der Waals surface area contributed by atoms with Gasteiger partial charge >= 0.3 is 0 Å². The van der Waals surface area contributed by atoms with Crippen molar-refractivity contribution in [1.82, 2.24) is 9.88 Å². The van der Waals surface area contributed by atoms with Crippen molar-refractivity contribution in [2.75, 3.05) is 38.1 Å². The summed E-state index contributed by atoms with van der Waals surface area (Å²) < 4.78 is 0. The third-order valence-corrected chi connectivity index (χ3v) is 4.53. The number of likely N-dealkylation sites (N-methyl/N-ethyl adjacent to an activating group) is 1. The third-order valence-electron chi connectivity index (χ3n) is 3.61. The predicted molar refractivity (Wildman–Crippen MR) is 81.9 cm³/mol. The summed E-state index contributed by atoms with van der Waals surface area (Å²) in [5.41, 5.74) is 2.48. The zero-order valence-corrected chi connectivity index (χ0v) is 12.1. The molecule has 100 valence electrons. The van der Waals surface area contributed by atoms with Gasteiger partial charge < -0.3 is 9.80 Å². The Kier molecular flexibility index (Phi) is 3.80. The highest BCUT2D eigenvalue weighted by Crippen LogP contribution is 2.27. The summed E-state index contributed by atoms with van der Waals surface area (Å²) in [5.74, 6) is 0. The van der Waals surface area contributed by atoms with Crippen molar-refractivity contribution in [2.45, 2.75) is 6.42 Å². The molecule has 0 spiro atoms. The summed E-state index contributed by atoms with van der Waals surface area (Å²) in [6.07, 6.45) is 5.17. The largest absolute Gasteiger partial charge is 0.369 e. The lowest BCUT2D eigenvalue weighted by atomic mass is 10.2. The highest BCUT2D eigenvalue weighted by molar-refractivity contribution is 7.13. The number of pyridine rings is 1. The average Bonchev–Trinajstić information content (AvgIpc) is 2.89. The standard InChI is InChI=1S/C15H19N3S/c1-17-5-3-6-18(8-7-17)14-10-13(11-16-12-14)15-4-2-9-19-15/h2,4,9-12H,3,5-8H2,1H3. The third kappa shape index (κ3) is 2.96. The Labute approximate surface area is 118 Å². The minimum absolute atomic E-state index is 1.09. The lowest BCUT2D eigenvalue weighted by molar-refractivity contribution is 0.360. The second-order valence-electron chi connectivity index (χ2n) is 5.05. The van der Waals surface area contributed by atoms with E-state index in [1.807, 2.05) is 12.4 Å². The fraction of sp³-hybridized carbons (Fsp3) is 0.400. The molecule has 1 saturated heterocycles. The molecule has 0 aromatic carbocycles. The molecule has 3 heterocycles. The molecule has 0 aliphatic carbocycles. The van der Waals surface area contributed by atoms with E-state index in [0.29, 0.717) is 0 Å². The SMILES string of the molecule is CN1CCCN(c2cncc(-c3cccs3)c2)CC1. The molecule has 4 heteroatoms. The van der Waals surface area contributed by atoms with Crippen molar-refractivity contribution >= 4 is 17.0 Å². The zero-order valence-electron chi connectivity index (χ0n) is 11.2. The van der Waals surface area contributed by atoms with Crippen LogP contribution in [0.1, 0.15) is 6.42 Å². The van der Waals surface area contributed by atoms with E-state index in [-0.39, 0.29) is 0 Å². The Morgan fingerprint density at radius 2 is 2.11 bits per heavy atom. The molecule has 0 saturated carbocycles. The summed E-state index contributed by atoms with van der Waals surface area (Å²) in [6.45, 7) is 4.53. The molecule has 0 N–H and O–H groups in total. The Hall–Kier alpha value is -1.39. The van der Waals surface area contributed by atoms with Crippen LogP contribution in [-0.4, -0.2) is 43.1 Å². The topological polar surface area (TPSA) is 19.4 Å². The lowest BCUT2D eigenvalue weighted by Crippen LogP contribution is -2.28. The van der Waals surface area contributed by atoms with Crippen LogP contribution in [0.5, 0.6) is 0 Å². The zero-order chi connectivity index (χ0) is 13.1. The van der Waals surface area contributed by atoms with Gasteiger partial charge in [0.2, 0.25) is 0 Å². The number of aromatic nitrogens is 1. The lowest BCUT2D eigenvalue weighted by Gasteiger charge is -2.22. The summed E-state index contributed by atoms with van der Waals surface area (Å²) in [7, 11) is 2.20. The first-order chi connectivity index (χ1) is 9.33. The highest BCUT2D eigenvalue weighted by atomic mass is 32.1. The second-order valence-corrected chi connectivity index (χ2v) is 6.00. The Morgan fingerprint density at radius 3 is 2.95 bits per heavy atom. The molecule has 3 rings (SSSR count). The van der Waals surface area contributed by atoms with E-state index in [9.17, 15) is 0 Å². The maximum Gasteiger partial charge on any atom is 0.0559 e. The number of anilines is 1. The molecule has 19 heavy (non-hydrogen) atoms. The molecule has 0 amide bonds. The molecule has 0 bridgehead atoms. The maximum absolute atomic E-state index is 4.42. The van der Waals surface area contributed by atoms with Crippen molar-refractivity contribution in [3.8, 4) is 10.4 Å². The Balaban J connectivity index is 1.83. The minimum Gasteiger partial charge on any atom is -0.369 e. The van der Waals surface area contributed by atoms with Gasteiger partial charge in [-0.25, -0.2) is 0 Å². The second kappa shape index (κ2) is 5.72. The maximum atomic E-state index is 4.42. The van der Waals surface area contributed by atoms with Crippen LogP contribution in [0.25, 0.3) is 10.4 Å². The van der Waals surface area contributed by atoms with Gasteiger partial charge in [-0.1, -0.05) is 6.07 Å². The predicted octanol–water partition coefficient (Wildman–Crippen LogP) is 2.95. The molecule has 3 nitrogen and oxygen atoms in total. The molecular weight excluding hydrogens is 254 g/mol. The fourth-order valence-electron chi connectivity index (χ4n) is 2.48.